The van der Waals surface area contributed by atoms with E-state index in [9.17, 15) is 13.2 Å². The molecular formula is C19H25N3O4S2. The van der Waals surface area contributed by atoms with Gasteiger partial charge in [0.2, 0.25) is 0 Å². The summed E-state index contributed by atoms with van der Waals surface area (Å²) >= 11 is 1.46. The van der Waals surface area contributed by atoms with Crippen LogP contribution in [0.3, 0.4) is 0 Å². The highest BCUT2D eigenvalue weighted by Crippen LogP contribution is 2.38. The van der Waals surface area contributed by atoms with Gasteiger partial charge in [0.25, 0.3) is 10.0 Å². The Labute approximate surface area is 170 Å². The number of carbonyl (C=O) groups excluding carboxylic acids is 1. The van der Waals surface area contributed by atoms with Crippen molar-refractivity contribution in [3.63, 3.8) is 0 Å². The standard InChI is InChI=1S/C19H25N3O4S2/c1-5-6-8-20-16-10-15(19(23)26-4)11-17(18(16)14-7-9-27-12-14)28(24,25)21-13-22(2)3/h7,9-13,20H,5-6,8H2,1-4H3. The van der Waals surface area contributed by atoms with Crippen molar-refractivity contribution in [3.05, 3.63) is 34.5 Å². The summed E-state index contributed by atoms with van der Waals surface area (Å²) < 4.78 is 34.6. The molecule has 0 aliphatic heterocycles. The molecule has 0 aliphatic rings. The monoisotopic (exact) mass is 423 g/mol. The molecule has 2 rings (SSSR count). The molecule has 2 aromatic rings. The number of methoxy groups -OCH3 is 1. The first-order chi connectivity index (χ1) is 13.3. The predicted molar refractivity (Wildman–Crippen MR) is 114 cm³/mol. The molecule has 1 aromatic heterocycles. The van der Waals surface area contributed by atoms with Crippen LogP contribution in [0.25, 0.3) is 11.1 Å². The number of nitrogens with one attached hydrogen (secondary N) is 1. The van der Waals surface area contributed by atoms with Gasteiger partial charge in [0.1, 0.15) is 11.2 Å². The predicted octanol–water partition coefficient (Wildman–Crippen LogP) is 3.69. The lowest BCUT2D eigenvalue weighted by Gasteiger charge is -2.17. The fourth-order valence-corrected chi connectivity index (χ4v) is 4.35. The second kappa shape index (κ2) is 9.70. The van der Waals surface area contributed by atoms with Crippen LogP contribution in [-0.2, 0) is 14.8 Å². The Hall–Kier alpha value is -2.39. The highest BCUT2D eigenvalue weighted by molar-refractivity contribution is 7.90. The lowest BCUT2D eigenvalue weighted by molar-refractivity contribution is 0.0600. The largest absolute Gasteiger partial charge is 0.465 e. The molecular weight excluding hydrogens is 398 g/mol. The van der Waals surface area contributed by atoms with E-state index in [1.807, 2.05) is 16.8 Å². The summed E-state index contributed by atoms with van der Waals surface area (Å²) in [5.74, 6) is -0.608. The maximum atomic E-state index is 13.0. The second-order valence-electron chi connectivity index (χ2n) is 6.34. The van der Waals surface area contributed by atoms with Gasteiger partial charge in [-0.15, -0.1) is 4.40 Å². The first kappa shape index (κ1) is 21.9. The lowest BCUT2D eigenvalue weighted by Crippen LogP contribution is -2.13. The van der Waals surface area contributed by atoms with E-state index < -0.39 is 16.0 Å². The summed E-state index contributed by atoms with van der Waals surface area (Å²) in [4.78, 5) is 13.6. The van der Waals surface area contributed by atoms with Crippen LogP contribution in [0, 0.1) is 0 Å². The van der Waals surface area contributed by atoms with Gasteiger partial charge in [-0.2, -0.15) is 19.8 Å². The van der Waals surface area contributed by atoms with Gasteiger partial charge in [0.15, 0.2) is 0 Å². The molecule has 0 fully saturated rings. The Morgan fingerprint density at radius 1 is 1.36 bits per heavy atom. The van der Waals surface area contributed by atoms with E-state index >= 15 is 0 Å². The van der Waals surface area contributed by atoms with Crippen molar-refractivity contribution in [1.82, 2.24) is 4.90 Å². The number of rotatable bonds is 9. The third kappa shape index (κ3) is 5.32. The summed E-state index contributed by atoms with van der Waals surface area (Å²) in [7, 11) is 0.581. The minimum absolute atomic E-state index is 0.0362. The smallest absolute Gasteiger partial charge is 0.337 e. The van der Waals surface area contributed by atoms with Crippen molar-refractivity contribution in [1.29, 1.82) is 0 Å². The van der Waals surface area contributed by atoms with Crippen molar-refractivity contribution >= 4 is 39.4 Å². The van der Waals surface area contributed by atoms with Crippen molar-refractivity contribution in [2.24, 2.45) is 4.40 Å². The number of unbranched alkanes of at least 4 members (excludes halogenated alkanes) is 1. The average Bonchev–Trinajstić information content (AvgIpc) is 3.19. The quantitative estimate of drug-likeness (QED) is 0.286. The molecule has 1 heterocycles. The molecule has 152 valence electrons. The number of sulfonamides is 1. The van der Waals surface area contributed by atoms with E-state index in [1.54, 1.807) is 20.2 Å². The van der Waals surface area contributed by atoms with E-state index in [2.05, 4.69) is 16.6 Å². The minimum atomic E-state index is -4.04. The highest BCUT2D eigenvalue weighted by atomic mass is 32.2. The van der Waals surface area contributed by atoms with Crippen LogP contribution in [0.5, 0.6) is 0 Å². The van der Waals surface area contributed by atoms with E-state index in [-0.39, 0.29) is 10.5 Å². The molecule has 1 aromatic carbocycles. The zero-order valence-corrected chi connectivity index (χ0v) is 18.1. The number of thiophene rings is 1. The van der Waals surface area contributed by atoms with Gasteiger partial charge in [-0.3, -0.25) is 0 Å². The van der Waals surface area contributed by atoms with Crippen LogP contribution in [0.1, 0.15) is 30.1 Å². The van der Waals surface area contributed by atoms with E-state index in [0.717, 1.165) is 18.4 Å². The summed E-state index contributed by atoms with van der Waals surface area (Å²) in [5, 5.41) is 7.01. The molecule has 9 heteroatoms. The van der Waals surface area contributed by atoms with Crippen LogP contribution in [-0.4, -0.2) is 53.4 Å². The third-order valence-corrected chi connectivity index (χ3v) is 5.81. The van der Waals surface area contributed by atoms with Gasteiger partial charge in [-0.1, -0.05) is 13.3 Å². The maximum Gasteiger partial charge on any atom is 0.337 e. The Morgan fingerprint density at radius 2 is 2.11 bits per heavy atom. The molecule has 0 saturated carbocycles. The van der Waals surface area contributed by atoms with Crippen molar-refractivity contribution < 1.29 is 17.9 Å². The Kier molecular flexibility index (Phi) is 7.59. The number of esters is 1. The van der Waals surface area contributed by atoms with E-state index in [4.69, 9.17) is 4.74 Å². The van der Waals surface area contributed by atoms with Crippen LogP contribution in [0.15, 0.2) is 38.3 Å². The Balaban J connectivity index is 2.74. The van der Waals surface area contributed by atoms with Crippen molar-refractivity contribution in [3.8, 4) is 11.1 Å². The zero-order valence-electron chi connectivity index (χ0n) is 16.4. The Morgan fingerprint density at radius 3 is 2.68 bits per heavy atom. The number of benzene rings is 1. The number of carbonyl (C=O) groups is 1. The molecule has 0 unspecified atom stereocenters. The van der Waals surface area contributed by atoms with Gasteiger partial charge in [0, 0.05) is 31.9 Å². The lowest BCUT2D eigenvalue weighted by atomic mass is 10.0. The number of nitrogens with zero attached hydrogens (tertiary/aromatic N) is 2. The van der Waals surface area contributed by atoms with Crippen molar-refractivity contribution in [2.75, 3.05) is 33.1 Å². The van der Waals surface area contributed by atoms with Crippen LogP contribution >= 0.6 is 11.3 Å². The SMILES string of the molecule is CCCCNc1cc(C(=O)OC)cc(S(=O)(=O)N=CN(C)C)c1-c1ccsc1. The van der Waals surface area contributed by atoms with E-state index in [1.165, 1.54) is 35.8 Å². The van der Waals surface area contributed by atoms with Gasteiger partial charge in [0.05, 0.1) is 12.7 Å². The van der Waals surface area contributed by atoms with Gasteiger partial charge in [-0.25, -0.2) is 4.79 Å². The first-order valence-corrected chi connectivity index (χ1v) is 11.2. The molecule has 7 nitrogen and oxygen atoms in total. The molecule has 0 bridgehead atoms. The molecule has 28 heavy (non-hydrogen) atoms. The molecule has 1 N–H and O–H groups in total. The van der Waals surface area contributed by atoms with Crippen molar-refractivity contribution in [2.45, 2.75) is 24.7 Å². The van der Waals surface area contributed by atoms with Gasteiger partial charge in [-0.05, 0) is 40.9 Å². The first-order valence-electron chi connectivity index (χ1n) is 8.79. The zero-order chi connectivity index (χ0) is 20.7. The van der Waals surface area contributed by atoms with Gasteiger partial charge >= 0.3 is 5.97 Å². The highest BCUT2D eigenvalue weighted by Gasteiger charge is 2.25. The van der Waals surface area contributed by atoms with Crippen LogP contribution < -0.4 is 5.32 Å². The summed E-state index contributed by atoms with van der Waals surface area (Å²) in [5.41, 5.74) is 1.97. The summed E-state index contributed by atoms with van der Waals surface area (Å²) in [6.45, 7) is 2.72. The third-order valence-electron chi connectivity index (χ3n) is 3.87. The van der Waals surface area contributed by atoms with Gasteiger partial charge < -0.3 is 15.0 Å². The molecule has 0 amide bonds. The number of hydrogen-bond donors (Lipinski definition) is 1. The Bertz CT molecular complexity index is 936. The molecule has 0 saturated heterocycles. The maximum absolute atomic E-state index is 13.0. The molecule has 0 radical (unpaired) electrons. The second-order valence-corrected chi connectivity index (χ2v) is 8.72. The fourth-order valence-electron chi connectivity index (χ4n) is 2.51. The molecule has 0 aliphatic carbocycles. The summed E-state index contributed by atoms with van der Waals surface area (Å²) in [6, 6.07) is 4.80. The average molecular weight is 424 g/mol. The van der Waals surface area contributed by atoms with Crippen LogP contribution in [0.2, 0.25) is 0 Å². The van der Waals surface area contributed by atoms with Crippen LogP contribution in [0.4, 0.5) is 5.69 Å². The normalized spacial score (nSPS) is 11.6. The topological polar surface area (TPSA) is 88.1 Å². The summed E-state index contributed by atoms with van der Waals surface area (Å²) in [6.07, 6.45) is 3.11. The minimum Gasteiger partial charge on any atom is -0.465 e. The fraction of sp³-hybridized carbons (Fsp3) is 0.368. The molecule has 0 atom stereocenters. The number of anilines is 1. The molecule has 0 spiro atoms. The number of hydrogen-bond acceptors (Lipinski definition) is 6. The van der Waals surface area contributed by atoms with E-state index in [0.29, 0.717) is 17.8 Å². The number of ether oxygens (including phenoxy) is 1.